The minimum atomic E-state index is 0.509. The fourth-order valence-electron chi connectivity index (χ4n) is 3.34. The SMILES string of the molecule is CCNC(=NCc1cccc(OC)n1)N1CCC(c2ccc(OC)cc2)C1. The van der Waals surface area contributed by atoms with Gasteiger partial charge in [0.25, 0.3) is 0 Å². The van der Waals surface area contributed by atoms with Gasteiger partial charge in [-0.15, -0.1) is 0 Å². The Morgan fingerprint density at radius 3 is 2.70 bits per heavy atom. The van der Waals surface area contributed by atoms with Crippen molar-refractivity contribution in [1.29, 1.82) is 0 Å². The summed E-state index contributed by atoms with van der Waals surface area (Å²) < 4.78 is 10.5. The highest BCUT2D eigenvalue weighted by molar-refractivity contribution is 5.80. The maximum Gasteiger partial charge on any atom is 0.213 e. The summed E-state index contributed by atoms with van der Waals surface area (Å²) in [5, 5.41) is 3.41. The van der Waals surface area contributed by atoms with Crippen LogP contribution in [0.25, 0.3) is 0 Å². The van der Waals surface area contributed by atoms with Gasteiger partial charge in [0.2, 0.25) is 5.88 Å². The van der Waals surface area contributed by atoms with Gasteiger partial charge in [0.15, 0.2) is 5.96 Å². The molecule has 27 heavy (non-hydrogen) atoms. The predicted molar refractivity (Wildman–Crippen MR) is 108 cm³/mol. The lowest BCUT2D eigenvalue weighted by atomic mass is 9.98. The number of aromatic nitrogens is 1. The Bertz CT molecular complexity index is 761. The van der Waals surface area contributed by atoms with Crippen molar-refractivity contribution in [2.24, 2.45) is 4.99 Å². The highest BCUT2D eigenvalue weighted by Gasteiger charge is 2.26. The monoisotopic (exact) mass is 368 g/mol. The van der Waals surface area contributed by atoms with E-state index >= 15 is 0 Å². The van der Waals surface area contributed by atoms with E-state index in [1.54, 1.807) is 14.2 Å². The van der Waals surface area contributed by atoms with Gasteiger partial charge in [-0.25, -0.2) is 9.98 Å². The largest absolute Gasteiger partial charge is 0.497 e. The van der Waals surface area contributed by atoms with Crippen LogP contribution in [0.4, 0.5) is 0 Å². The lowest BCUT2D eigenvalue weighted by Crippen LogP contribution is -2.40. The molecule has 1 fully saturated rings. The fourth-order valence-corrected chi connectivity index (χ4v) is 3.34. The molecule has 1 unspecified atom stereocenters. The summed E-state index contributed by atoms with van der Waals surface area (Å²) in [5.74, 6) is 2.97. The highest BCUT2D eigenvalue weighted by Crippen LogP contribution is 2.28. The van der Waals surface area contributed by atoms with Crippen LogP contribution in [-0.2, 0) is 6.54 Å². The minimum Gasteiger partial charge on any atom is -0.497 e. The number of ether oxygens (including phenoxy) is 2. The van der Waals surface area contributed by atoms with E-state index in [1.807, 2.05) is 30.3 Å². The first-order chi connectivity index (χ1) is 13.2. The second kappa shape index (κ2) is 9.26. The van der Waals surface area contributed by atoms with E-state index in [-0.39, 0.29) is 0 Å². The molecule has 144 valence electrons. The van der Waals surface area contributed by atoms with Gasteiger partial charge in [-0.3, -0.25) is 0 Å². The zero-order valence-corrected chi connectivity index (χ0v) is 16.3. The number of aliphatic imine (C=N–C) groups is 1. The molecule has 0 bridgehead atoms. The van der Waals surface area contributed by atoms with Gasteiger partial charge in [0.05, 0.1) is 26.5 Å². The molecule has 0 saturated carbocycles. The normalized spacial score (nSPS) is 17.1. The highest BCUT2D eigenvalue weighted by atomic mass is 16.5. The van der Waals surface area contributed by atoms with E-state index in [0.29, 0.717) is 18.3 Å². The summed E-state index contributed by atoms with van der Waals surface area (Å²) in [6.07, 6.45) is 1.12. The summed E-state index contributed by atoms with van der Waals surface area (Å²) in [6.45, 7) is 5.42. The van der Waals surface area contributed by atoms with Gasteiger partial charge < -0.3 is 19.7 Å². The van der Waals surface area contributed by atoms with Crippen molar-refractivity contribution in [3.63, 3.8) is 0 Å². The number of rotatable bonds is 6. The number of nitrogens with zero attached hydrogens (tertiary/aromatic N) is 3. The molecule has 6 nitrogen and oxygen atoms in total. The zero-order chi connectivity index (χ0) is 19.1. The lowest BCUT2D eigenvalue weighted by molar-refractivity contribution is 0.396. The Kier molecular flexibility index (Phi) is 6.52. The Morgan fingerprint density at radius 2 is 2.00 bits per heavy atom. The number of benzene rings is 1. The second-order valence-corrected chi connectivity index (χ2v) is 6.55. The van der Waals surface area contributed by atoms with E-state index in [9.17, 15) is 0 Å². The maximum atomic E-state index is 5.26. The van der Waals surface area contributed by atoms with E-state index in [4.69, 9.17) is 14.5 Å². The quantitative estimate of drug-likeness (QED) is 0.627. The number of nitrogens with one attached hydrogen (secondary N) is 1. The molecule has 1 aliphatic heterocycles. The molecular formula is C21H28N4O2. The summed E-state index contributed by atoms with van der Waals surface area (Å²) in [4.78, 5) is 11.6. The maximum absolute atomic E-state index is 5.26. The summed E-state index contributed by atoms with van der Waals surface area (Å²) in [6, 6.07) is 14.2. The molecule has 0 aliphatic carbocycles. The number of likely N-dealkylation sites (tertiary alicyclic amines) is 1. The number of hydrogen-bond acceptors (Lipinski definition) is 4. The van der Waals surface area contributed by atoms with E-state index in [1.165, 1.54) is 5.56 Å². The smallest absolute Gasteiger partial charge is 0.213 e. The number of methoxy groups -OCH3 is 2. The molecule has 0 spiro atoms. The first kappa shape index (κ1) is 19.0. The van der Waals surface area contributed by atoms with Gasteiger partial charge in [-0.1, -0.05) is 18.2 Å². The van der Waals surface area contributed by atoms with Crippen molar-refractivity contribution in [1.82, 2.24) is 15.2 Å². The van der Waals surface area contributed by atoms with Crippen LogP contribution >= 0.6 is 0 Å². The van der Waals surface area contributed by atoms with Gasteiger partial charge >= 0.3 is 0 Å². The number of pyridine rings is 1. The van der Waals surface area contributed by atoms with E-state index < -0.39 is 0 Å². The van der Waals surface area contributed by atoms with Gasteiger partial charge in [-0.05, 0) is 37.1 Å². The third-order valence-corrected chi connectivity index (χ3v) is 4.79. The first-order valence-corrected chi connectivity index (χ1v) is 9.40. The lowest BCUT2D eigenvalue weighted by Gasteiger charge is -2.21. The average molecular weight is 368 g/mol. The van der Waals surface area contributed by atoms with Crippen molar-refractivity contribution in [3.8, 4) is 11.6 Å². The van der Waals surface area contributed by atoms with Crippen molar-refractivity contribution < 1.29 is 9.47 Å². The van der Waals surface area contributed by atoms with Crippen molar-refractivity contribution >= 4 is 5.96 Å². The molecule has 0 amide bonds. The Balaban J connectivity index is 1.67. The van der Waals surface area contributed by atoms with E-state index in [0.717, 1.165) is 43.5 Å². The molecule has 1 aromatic heterocycles. The number of hydrogen-bond donors (Lipinski definition) is 1. The third kappa shape index (κ3) is 4.90. The molecule has 1 aromatic carbocycles. The van der Waals surface area contributed by atoms with Crippen LogP contribution in [0, 0.1) is 0 Å². The Labute approximate surface area is 161 Å². The van der Waals surface area contributed by atoms with Crippen LogP contribution in [0.3, 0.4) is 0 Å². The molecule has 2 aromatic rings. The summed E-state index contributed by atoms with van der Waals surface area (Å²) in [7, 11) is 3.33. The molecular weight excluding hydrogens is 340 g/mol. The van der Waals surface area contributed by atoms with Crippen LogP contribution in [0.1, 0.15) is 30.5 Å². The van der Waals surface area contributed by atoms with Crippen molar-refractivity contribution in [2.45, 2.75) is 25.8 Å². The van der Waals surface area contributed by atoms with Crippen LogP contribution in [0.2, 0.25) is 0 Å². The standard InChI is InChI=1S/C21H28N4O2/c1-4-22-21(23-14-18-6-5-7-20(24-18)27-3)25-13-12-17(15-25)16-8-10-19(26-2)11-9-16/h5-11,17H,4,12-15H2,1-3H3,(H,22,23). The van der Waals surface area contributed by atoms with Crippen LogP contribution in [0.5, 0.6) is 11.6 Å². The topological polar surface area (TPSA) is 59.0 Å². The molecule has 0 radical (unpaired) electrons. The predicted octanol–water partition coefficient (Wildman–Crippen LogP) is 3.05. The third-order valence-electron chi connectivity index (χ3n) is 4.79. The second-order valence-electron chi connectivity index (χ2n) is 6.55. The van der Waals surface area contributed by atoms with Crippen LogP contribution in [-0.4, -0.2) is 49.7 Å². The van der Waals surface area contributed by atoms with Crippen LogP contribution < -0.4 is 14.8 Å². The summed E-state index contributed by atoms with van der Waals surface area (Å²) >= 11 is 0. The zero-order valence-electron chi connectivity index (χ0n) is 16.3. The van der Waals surface area contributed by atoms with Gasteiger partial charge in [-0.2, -0.15) is 0 Å². The molecule has 1 aliphatic rings. The Morgan fingerprint density at radius 1 is 1.19 bits per heavy atom. The van der Waals surface area contributed by atoms with Crippen LogP contribution in [0.15, 0.2) is 47.5 Å². The van der Waals surface area contributed by atoms with Crippen molar-refractivity contribution in [2.75, 3.05) is 33.9 Å². The Hall–Kier alpha value is -2.76. The molecule has 2 heterocycles. The first-order valence-electron chi connectivity index (χ1n) is 9.40. The number of guanidine groups is 1. The minimum absolute atomic E-state index is 0.509. The summed E-state index contributed by atoms with van der Waals surface area (Å²) in [5.41, 5.74) is 2.25. The molecule has 1 N–H and O–H groups in total. The van der Waals surface area contributed by atoms with Crippen molar-refractivity contribution in [3.05, 3.63) is 53.7 Å². The molecule has 3 rings (SSSR count). The molecule has 1 atom stereocenters. The average Bonchev–Trinajstić information content (AvgIpc) is 3.21. The molecule has 1 saturated heterocycles. The fraction of sp³-hybridized carbons (Fsp3) is 0.429. The van der Waals surface area contributed by atoms with Gasteiger partial charge in [0, 0.05) is 31.6 Å². The van der Waals surface area contributed by atoms with E-state index in [2.05, 4.69) is 34.3 Å². The molecule has 6 heteroatoms. The van der Waals surface area contributed by atoms with Gasteiger partial charge in [0.1, 0.15) is 5.75 Å².